The zero-order valence-electron chi connectivity index (χ0n) is 14.1. The molecule has 0 fully saturated rings. The second kappa shape index (κ2) is 8.73. The van der Waals surface area contributed by atoms with Gasteiger partial charge in [0.05, 0.1) is 17.2 Å². The average Bonchev–Trinajstić information content (AvgIpc) is 2.90. The second-order valence-electron chi connectivity index (χ2n) is 5.48. The van der Waals surface area contributed by atoms with Crippen LogP contribution in [0, 0.1) is 18.6 Å². The second-order valence-corrected chi connectivity index (χ2v) is 6.54. The molecule has 0 unspecified atom stereocenters. The molecule has 0 aliphatic carbocycles. The SMILES string of the molecule is CCNC(=NCCc1cc(F)cc(F)c1)N(C)Cc1csc(C)n1. The van der Waals surface area contributed by atoms with Crippen LogP contribution in [0.15, 0.2) is 28.6 Å². The van der Waals surface area contributed by atoms with Crippen LogP contribution in [0.4, 0.5) is 8.78 Å². The fraction of sp³-hybridized carbons (Fsp3) is 0.412. The Morgan fingerprint density at radius 1 is 1.29 bits per heavy atom. The summed E-state index contributed by atoms with van der Waals surface area (Å²) in [5, 5.41) is 6.29. The molecule has 0 saturated heterocycles. The van der Waals surface area contributed by atoms with Crippen LogP contribution < -0.4 is 5.32 Å². The number of nitrogens with zero attached hydrogens (tertiary/aromatic N) is 3. The number of thiazole rings is 1. The Kier molecular flexibility index (Phi) is 6.66. The zero-order valence-corrected chi connectivity index (χ0v) is 15.0. The van der Waals surface area contributed by atoms with E-state index in [1.807, 2.05) is 31.2 Å². The summed E-state index contributed by atoms with van der Waals surface area (Å²) in [5.41, 5.74) is 1.60. The van der Waals surface area contributed by atoms with Crippen LogP contribution in [0.1, 0.15) is 23.2 Å². The summed E-state index contributed by atoms with van der Waals surface area (Å²) in [6.07, 6.45) is 0.479. The third-order valence-electron chi connectivity index (χ3n) is 3.35. The molecule has 1 heterocycles. The molecule has 1 aromatic heterocycles. The van der Waals surface area contributed by atoms with Crippen molar-refractivity contribution >= 4 is 17.3 Å². The molecule has 0 saturated carbocycles. The molecule has 130 valence electrons. The third kappa shape index (κ3) is 5.56. The predicted octanol–water partition coefficient (Wildman–Crippen LogP) is 3.37. The highest BCUT2D eigenvalue weighted by molar-refractivity contribution is 7.09. The maximum absolute atomic E-state index is 13.2. The first-order valence-corrected chi connectivity index (χ1v) is 8.71. The summed E-state index contributed by atoms with van der Waals surface area (Å²) >= 11 is 1.62. The fourth-order valence-electron chi connectivity index (χ4n) is 2.31. The minimum atomic E-state index is -0.558. The molecule has 0 spiro atoms. The number of rotatable bonds is 6. The number of aliphatic imine (C=N–C) groups is 1. The van der Waals surface area contributed by atoms with Gasteiger partial charge in [0.25, 0.3) is 0 Å². The van der Waals surface area contributed by atoms with E-state index in [-0.39, 0.29) is 0 Å². The summed E-state index contributed by atoms with van der Waals surface area (Å²) in [5.74, 6) is -0.367. The van der Waals surface area contributed by atoms with Gasteiger partial charge in [-0.3, -0.25) is 4.99 Å². The largest absolute Gasteiger partial charge is 0.357 e. The Morgan fingerprint density at radius 2 is 2.00 bits per heavy atom. The smallest absolute Gasteiger partial charge is 0.194 e. The summed E-state index contributed by atoms with van der Waals surface area (Å²) in [4.78, 5) is 11.0. The number of hydrogen-bond acceptors (Lipinski definition) is 3. The number of halogens is 2. The number of guanidine groups is 1. The van der Waals surface area contributed by atoms with Crippen molar-refractivity contribution in [2.45, 2.75) is 26.8 Å². The molecule has 2 rings (SSSR count). The van der Waals surface area contributed by atoms with Crippen LogP contribution >= 0.6 is 11.3 Å². The van der Waals surface area contributed by atoms with Crippen LogP contribution in [0.5, 0.6) is 0 Å². The van der Waals surface area contributed by atoms with E-state index >= 15 is 0 Å². The van der Waals surface area contributed by atoms with Crippen molar-refractivity contribution in [3.05, 3.63) is 51.5 Å². The number of nitrogens with one attached hydrogen (secondary N) is 1. The fourth-order valence-corrected chi connectivity index (χ4v) is 2.92. The first kappa shape index (κ1) is 18.3. The van der Waals surface area contributed by atoms with Crippen molar-refractivity contribution in [3.8, 4) is 0 Å². The summed E-state index contributed by atoms with van der Waals surface area (Å²) in [7, 11) is 1.94. The van der Waals surface area contributed by atoms with Crippen LogP contribution in [-0.4, -0.2) is 36.0 Å². The zero-order chi connectivity index (χ0) is 17.5. The van der Waals surface area contributed by atoms with Gasteiger partial charge in [0.1, 0.15) is 11.6 Å². The van der Waals surface area contributed by atoms with Gasteiger partial charge in [-0.15, -0.1) is 11.3 Å². The summed E-state index contributed by atoms with van der Waals surface area (Å²) in [6, 6.07) is 3.56. The van der Waals surface area contributed by atoms with E-state index in [1.165, 1.54) is 12.1 Å². The van der Waals surface area contributed by atoms with Gasteiger partial charge in [0.15, 0.2) is 5.96 Å². The first-order chi connectivity index (χ1) is 11.5. The first-order valence-electron chi connectivity index (χ1n) is 7.83. The van der Waals surface area contributed by atoms with Crippen LogP contribution in [0.2, 0.25) is 0 Å². The lowest BCUT2D eigenvalue weighted by molar-refractivity contribution is 0.471. The molecule has 0 atom stereocenters. The lowest BCUT2D eigenvalue weighted by Crippen LogP contribution is -2.38. The number of aryl methyl sites for hydroxylation is 1. The minimum absolute atomic E-state index is 0.450. The molecule has 0 aliphatic rings. The molecular weight excluding hydrogens is 330 g/mol. The average molecular weight is 352 g/mol. The van der Waals surface area contributed by atoms with Gasteiger partial charge >= 0.3 is 0 Å². The molecule has 0 bridgehead atoms. The summed E-state index contributed by atoms with van der Waals surface area (Å²) < 4.78 is 26.4. The van der Waals surface area contributed by atoms with E-state index in [2.05, 4.69) is 15.3 Å². The van der Waals surface area contributed by atoms with Gasteiger partial charge in [0, 0.05) is 31.6 Å². The monoisotopic (exact) mass is 352 g/mol. The van der Waals surface area contributed by atoms with Crippen molar-refractivity contribution in [2.24, 2.45) is 4.99 Å². The number of hydrogen-bond donors (Lipinski definition) is 1. The molecule has 4 nitrogen and oxygen atoms in total. The standard InChI is InChI=1S/C17H22F2N4S/c1-4-20-17(23(3)10-16-11-24-12(2)22-16)21-6-5-13-7-14(18)9-15(19)8-13/h7-9,11H,4-6,10H2,1-3H3,(H,20,21). The van der Waals surface area contributed by atoms with Gasteiger partial charge < -0.3 is 10.2 Å². The van der Waals surface area contributed by atoms with Gasteiger partial charge in [-0.05, 0) is 38.0 Å². The Balaban J connectivity index is 1.98. The highest BCUT2D eigenvalue weighted by Gasteiger charge is 2.08. The molecule has 1 aromatic carbocycles. The van der Waals surface area contributed by atoms with Crippen LogP contribution in [-0.2, 0) is 13.0 Å². The molecule has 0 aliphatic heterocycles. The van der Waals surface area contributed by atoms with Gasteiger partial charge in [-0.1, -0.05) is 0 Å². The van der Waals surface area contributed by atoms with Gasteiger partial charge in [0.2, 0.25) is 0 Å². The molecule has 0 radical (unpaired) electrons. The van der Waals surface area contributed by atoms with E-state index in [0.717, 1.165) is 29.3 Å². The molecule has 2 aromatic rings. The lowest BCUT2D eigenvalue weighted by Gasteiger charge is -2.21. The van der Waals surface area contributed by atoms with Crippen molar-refractivity contribution in [2.75, 3.05) is 20.1 Å². The Hall–Kier alpha value is -2.02. The summed E-state index contributed by atoms with van der Waals surface area (Å²) in [6.45, 7) is 5.83. The van der Waals surface area contributed by atoms with Crippen molar-refractivity contribution in [3.63, 3.8) is 0 Å². The molecule has 0 amide bonds. The molecule has 1 N–H and O–H groups in total. The lowest BCUT2D eigenvalue weighted by atomic mass is 10.1. The van der Waals surface area contributed by atoms with Crippen LogP contribution in [0.3, 0.4) is 0 Å². The maximum Gasteiger partial charge on any atom is 0.194 e. The number of benzene rings is 1. The number of aromatic nitrogens is 1. The molecule has 24 heavy (non-hydrogen) atoms. The Bertz CT molecular complexity index is 679. The van der Waals surface area contributed by atoms with E-state index in [0.29, 0.717) is 25.1 Å². The van der Waals surface area contributed by atoms with Crippen molar-refractivity contribution in [1.29, 1.82) is 0 Å². The van der Waals surface area contributed by atoms with Crippen molar-refractivity contribution < 1.29 is 8.78 Å². The maximum atomic E-state index is 13.2. The highest BCUT2D eigenvalue weighted by Crippen LogP contribution is 2.11. The quantitative estimate of drug-likeness (QED) is 0.640. The van der Waals surface area contributed by atoms with Crippen molar-refractivity contribution in [1.82, 2.24) is 15.2 Å². The van der Waals surface area contributed by atoms with Gasteiger partial charge in [-0.25, -0.2) is 13.8 Å². The van der Waals surface area contributed by atoms with E-state index < -0.39 is 11.6 Å². The molecular formula is C17H22F2N4S. The minimum Gasteiger partial charge on any atom is -0.357 e. The third-order valence-corrected chi connectivity index (χ3v) is 4.17. The van der Waals surface area contributed by atoms with Gasteiger partial charge in [-0.2, -0.15) is 0 Å². The topological polar surface area (TPSA) is 40.5 Å². The van der Waals surface area contributed by atoms with Crippen LogP contribution in [0.25, 0.3) is 0 Å². The molecule has 7 heteroatoms. The van der Waals surface area contributed by atoms with E-state index in [9.17, 15) is 8.78 Å². The predicted molar refractivity (Wildman–Crippen MR) is 94.4 cm³/mol. The Morgan fingerprint density at radius 3 is 2.58 bits per heavy atom. The highest BCUT2D eigenvalue weighted by atomic mass is 32.1. The van der Waals surface area contributed by atoms with E-state index in [1.54, 1.807) is 11.3 Å². The van der Waals surface area contributed by atoms with E-state index in [4.69, 9.17) is 0 Å². The Labute approximate surface area is 145 Å². The normalized spacial score (nSPS) is 11.6.